The number of ether oxygens (including phenoxy) is 3. The molecular weight excluding hydrogens is 335 g/mol. The van der Waals surface area contributed by atoms with Crippen molar-refractivity contribution in [3.8, 4) is 17.2 Å². The summed E-state index contributed by atoms with van der Waals surface area (Å²) in [6.45, 7) is 5.05. The normalized spacial score (nSPS) is 11.1. The fraction of sp³-hybridized carbons (Fsp3) is 0.350. The van der Waals surface area contributed by atoms with E-state index in [0.29, 0.717) is 29.6 Å². The van der Waals surface area contributed by atoms with Gasteiger partial charge in [0.2, 0.25) is 0 Å². The largest absolute Gasteiger partial charge is 0.496 e. The molecule has 5 heteroatoms. The van der Waals surface area contributed by atoms with Gasteiger partial charge in [0.1, 0.15) is 22.8 Å². The summed E-state index contributed by atoms with van der Waals surface area (Å²) in [5.74, 6) is 2.52. The van der Waals surface area contributed by atoms with E-state index >= 15 is 0 Å². The fourth-order valence-electron chi connectivity index (χ4n) is 2.32. The molecule has 25 heavy (non-hydrogen) atoms. The van der Waals surface area contributed by atoms with E-state index in [9.17, 15) is 4.79 Å². The molecule has 0 N–H and O–H groups in total. The van der Waals surface area contributed by atoms with Crippen LogP contribution < -0.4 is 19.5 Å². The van der Waals surface area contributed by atoms with Crippen LogP contribution in [0.15, 0.2) is 42.5 Å². The second-order valence-electron chi connectivity index (χ2n) is 6.05. The van der Waals surface area contributed by atoms with Crippen molar-refractivity contribution in [1.29, 1.82) is 0 Å². The molecule has 0 spiro atoms. The van der Waals surface area contributed by atoms with E-state index in [4.69, 9.17) is 14.2 Å². The van der Waals surface area contributed by atoms with E-state index in [1.54, 1.807) is 32.4 Å². The maximum absolute atomic E-state index is 12.7. The smallest absolute Gasteiger partial charge is 0.193 e. The number of hydrogen-bond donors (Lipinski definition) is 0. The van der Waals surface area contributed by atoms with Crippen molar-refractivity contribution < 1.29 is 19.0 Å². The SMILES string of the molecule is COc1cccc(OC)c1C(=O)Pc1ccc(OCCC(C)C)cc1. The standard InChI is InChI=1S/C20H25O4P/c1-14(2)12-13-24-15-8-10-16(11-9-15)25-20(21)19-17(22-3)6-5-7-18(19)23-4/h5-11,14,25H,12-13H2,1-4H3. The van der Waals surface area contributed by atoms with Crippen molar-refractivity contribution in [1.82, 2.24) is 0 Å². The van der Waals surface area contributed by atoms with Crippen LogP contribution in [0.2, 0.25) is 0 Å². The first-order chi connectivity index (χ1) is 12.0. The van der Waals surface area contributed by atoms with Crippen molar-refractivity contribution in [2.24, 2.45) is 5.92 Å². The molecule has 0 heterocycles. The minimum absolute atomic E-state index is 0.00523. The molecule has 134 valence electrons. The Hall–Kier alpha value is -2.06. The van der Waals surface area contributed by atoms with Gasteiger partial charge in [0.25, 0.3) is 0 Å². The molecule has 0 aromatic heterocycles. The summed E-state index contributed by atoms with van der Waals surface area (Å²) >= 11 is 0. The summed E-state index contributed by atoms with van der Waals surface area (Å²) in [4.78, 5) is 12.7. The lowest BCUT2D eigenvalue weighted by Gasteiger charge is -2.12. The van der Waals surface area contributed by atoms with E-state index in [2.05, 4.69) is 13.8 Å². The van der Waals surface area contributed by atoms with Gasteiger partial charge in [0.15, 0.2) is 5.52 Å². The third kappa shape index (κ3) is 5.47. The number of hydrogen-bond acceptors (Lipinski definition) is 4. The highest BCUT2D eigenvalue weighted by molar-refractivity contribution is 7.66. The van der Waals surface area contributed by atoms with Crippen molar-refractivity contribution in [3.63, 3.8) is 0 Å². The van der Waals surface area contributed by atoms with Crippen LogP contribution in [-0.2, 0) is 0 Å². The Labute approximate surface area is 151 Å². The van der Waals surface area contributed by atoms with Gasteiger partial charge < -0.3 is 14.2 Å². The Balaban J connectivity index is 2.06. The van der Waals surface area contributed by atoms with Crippen molar-refractivity contribution in [3.05, 3.63) is 48.0 Å². The molecule has 1 unspecified atom stereocenters. The zero-order valence-corrected chi connectivity index (χ0v) is 16.2. The minimum atomic E-state index is -0.0113. The Morgan fingerprint density at radius 3 is 2.12 bits per heavy atom. The van der Waals surface area contributed by atoms with Gasteiger partial charge in [-0.15, -0.1) is 0 Å². The van der Waals surface area contributed by atoms with E-state index in [0.717, 1.165) is 17.5 Å². The van der Waals surface area contributed by atoms with E-state index < -0.39 is 0 Å². The average molecular weight is 360 g/mol. The van der Waals surface area contributed by atoms with Crippen molar-refractivity contribution in [2.45, 2.75) is 20.3 Å². The number of carbonyl (C=O) groups is 1. The van der Waals surface area contributed by atoms with Crippen LogP contribution in [0.4, 0.5) is 0 Å². The van der Waals surface area contributed by atoms with Crippen LogP contribution >= 0.6 is 8.58 Å². The molecule has 1 atom stereocenters. The fourth-order valence-corrected chi connectivity index (χ4v) is 3.28. The molecular formula is C20H25O4P. The van der Waals surface area contributed by atoms with Crippen LogP contribution in [0.3, 0.4) is 0 Å². The summed E-state index contributed by atoms with van der Waals surface area (Å²) in [6.07, 6.45) is 1.02. The number of benzene rings is 2. The van der Waals surface area contributed by atoms with Gasteiger partial charge >= 0.3 is 0 Å². The molecule has 4 nitrogen and oxygen atoms in total. The molecule has 0 aliphatic heterocycles. The van der Waals surface area contributed by atoms with Crippen LogP contribution in [-0.4, -0.2) is 26.4 Å². The second-order valence-corrected chi connectivity index (χ2v) is 7.33. The topological polar surface area (TPSA) is 44.8 Å². The molecule has 2 aromatic carbocycles. The van der Waals surface area contributed by atoms with E-state index in [1.807, 2.05) is 24.3 Å². The molecule has 0 aliphatic carbocycles. The lowest BCUT2D eigenvalue weighted by Crippen LogP contribution is -2.06. The predicted molar refractivity (Wildman–Crippen MR) is 103 cm³/mol. The average Bonchev–Trinajstić information content (AvgIpc) is 2.62. The second kappa shape index (κ2) is 9.43. The number of carbonyl (C=O) groups excluding carboxylic acids is 1. The first kappa shape index (κ1) is 19.3. The predicted octanol–water partition coefficient (Wildman–Crippen LogP) is 4.27. The maximum atomic E-state index is 12.7. The van der Waals surface area contributed by atoms with Gasteiger partial charge in [-0.2, -0.15) is 0 Å². The van der Waals surface area contributed by atoms with Gasteiger partial charge in [0, 0.05) is 0 Å². The highest BCUT2D eigenvalue weighted by Gasteiger charge is 2.18. The summed E-state index contributed by atoms with van der Waals surface area (Å²) < 4.78 is 16.3. The number of methoxy groups -OCH3 is 2. The molecule has 0 fully saturated rings. The lowest BCUT2D eigenvalue weighted by atomic mass is 10.1. The van der Waals surface area contributed by atoms with Crippen LogP contribution in [0.25, 0.3) is 0 Å². The summed E-state index contributed by atoms with van der Waals surface area (Å²) in [6, 6.07) is 13.0. The van der Waals surface area contributed by atoms with Crippen LogP contribution in [0.1, 0.15) is 30.6 Å². The molecule has 0 bridgehead atoms. The highest BCUT2D eigenvalue weighted by Crippen LogP contribution is 2.33. The molecule has 2 aromatic rings. The molecule has 2 rings (SSSR count). The first-order valence-electron chi connectivity index (χ1n) is 8.30. The molecule has 0 radical (unpaired) electrons. The summed E-state index contributed by atoms with van der Waals surface area (Å²) in [7, 11) is 3.10. The maximum Gasteiger partial charge on any atom is 0.193 e. The Kier molecular flexibility index (Phi) is 7.27. The zero-order valence-electron chi connectivity index (χ0n) is 15.2. The minimum Gasteiger partial charge on any atom is -0.496 e. The van der Waals surface area contributed by atoms with Crippen molar-refractivity contribution >= 4 is 19.4 Å². The van der Waals surface area contributed by atoms with Gasteiger partial charge in [0.05, 0.1) is 20.8 Å². The van der Waals surface area contributed by atoms with Gasteiger partial charge in [-0.3, -0.25) is 4.79 Å². The van der Waals surface area contributed by atoms with Gasteiger partial charge in [-0.05, 0) is 50.5 Å². The Morgan fingerprint density at radius 2 is 1.60 bits per heavy atom. The van der Waals surface area contributed by atoms with E-state index in [-0.39, 0.29) is 14.1 Å². The van der Waals surface area contributed by atoms with Gasteiger partial charge in [-0.25, -0.2) is 0 Å². The summed E-state index contributed by atoms with van der Waals surface area (Å²) in [5, 5.41) is 0.953. The van der Waals surface area contributed by atoms with Crippen molar-refractivity contribution in [2.75, 3.05) is 20.8 Å². The third-order valence-corrected chi connectivity index (χ3v) is 4.83. The highest BCUT2D eigenvalue weighted by atomic mass is 31.1. The Morgan fingerprint density at radius 1 is 1.00 bits per heavy atom. The third-order valence-electron chi connectivity index (χ3n) is 3.73. The van der Waals surface area contributed by atoms with Crippen LogP contribution in [0, 0.1) is 5.92 Å². The zero-order chi connectivity index (χ0) is 18.2. The van der Waals surface area contributed by atoms with E-state index in [1.165, 1.54) is 0 Å². The lowest BCUT2D eigenvalue weighted by molar-refractivity contribution is 0.108. The monoisotopic (exact) mass is 360 g/mol. The molecule has 0 aliphatic rings. The molecule has 0 amide bonds. The summed E-state index contributed by atoms with van der Waals surface area (Å²) in [5.41, 5.74) is 0.478. The Bertz CT molecular complexity index is 673. The number of rotatable bonds is 9. The first-order valence-corrected chi connectivity index (χ1v) is 9.30. The van der Waals surface area contributed by atoms with Crippen LogP contribution in [0.5, 0.6) is 17.2 Å². The quantitative estimate of drug-likeness (QED) is 0.627. The molecule has 0 saturated heterocycles. The van der Waals surface area contributed by atoms with Gasteiger partial charge in [-0.1, -0.05) is 32.0 Å². The molecule has 0 saturated carbocycles.